The first kappa shape index (κ1) is 23.7. The van der Waals surface area contributed by atoms with E-state index in [1.165, 1.54) is 0 Å². The Morgan fingerprint density at radius 3 is 2.33 bits per heavy atom. The standard InChI is InChI=1S/C23H36N4O3/c1-7-12-25(23(30)24-16(2)3)14-20-22(29)26(17(4)5)15-21(28)27(20)13-19-10-8-18(6)9-11-19/h8-11,16-17,20H,7,12-15H2,1-6H3,(H,24,30). The molecule has 0 spiro atoms. The predicted octanol–water partition coefficient (Wildman–Crippen LogP) is 2.77. The Morgan fingerprint density at radius 1 is 1.17 bits per heavy atom. The molecule has 0 radical (unpaired) electrons. The summed E-state index contributed by atoms with van der Waals surface area (Å²) in [6, 6.07) is 6.98. The maximum Gasteiger partial charge on any atom is 0.317 e. The van der Waals surface area contributed by atoms with Crippen LogP contribution in [0.1, 0.15) is 52.2 Å². The van der Waals surface area contributed by atoms with Crippen LogP contribution in [-0.2, 0) is 16.1 Å². The normalized spacial score (nSPS) is 17.1. The Balaban J connectivity index is 2.32. The van der Waals surface area contributed by atoms with Crippen molar-refractivity contribution >= 4 is 17.8 Å². The fourth-order valence-corrected chi connectivity index (χ4v) is 3.61. The Hall–Kier alpha value is -2.57. The van der Waals surface area contributed by atoms with E-state index in [9.17, 15) is 14.4 Å². The summed E-state index contributed by atoms with van der Waals surface area (Å²) in [6.45, 7) is 12.8. The molecule has 1 aliphatic heterocycles. The minimum Gasteiger partial charge on any atom is -0.336 e. The van der Waals surface area contributed by atoms with Gasteiger partial charge in [0.1, 0.15) is 12.6 Å². The largest absolute Gasteiger partial charge is 0.336 e. The molecular weight excluding hydrogens is 380 g/mol. The van der Waals surface area contributed by atoms with Gasteiger partial charge in [0.25, 0.3) is 0 Å². The summed E-state index contributed by atoms with van der Waals surface area (Å²) in [4.78, 5) is 44.0. The minimum absolute atomic E-state index is 0.00336. The van der Waals surface area contributed by atoms with Gasteiger partial charge < -0.3 is 20.0 Å². The average Bonchev–Trinajstić information content (AvgIpc) is 2.67. The van der Waals surface area contributed by atoms with Crippen LogP contribution in [0.2, 0.25) is 0 Å². The van der Waals surface area contributed by atoms with E-state index in [-0.39, 0.29) is 43.0 Å². The van der Waals surface area contributed by atoms with Gasteiger partial charge in [-0.3, -0.25) is 9.59 Å². The maximum atomic E-state index is 13.3. The highest BCUT2D eigenvalue weighted by molar-refractivity contribution is 5.95. The molecule has 0 aromatic heterocycles. The smallest absolute Gasteiger partial charge is 0.317 e. The first-order valence-corrected chi connectivity index (χ1v) is 10.8. The molecule has 1 N–H and O–H groups in total. The Morgan fingerprint density at radius 2 is 1.80 bits per heavy atom. The SMILES string of the molecule is CCCN(CC1C(=O)N(C(C)C)CC(=O)N1Cc1ccc(C)cc1)C(=O)NC(C)C. The minimum atomic E-state index is -0.695. The van der Waals surface area contributed by atoms with Crippen LogP contribution in [0.15, 0.2) is 24.3 Å². The van der Waals surface area contributed by atoms with Crippen molar-refractivity contribution in [2.45, 2.75) is 72.6 Å². The third kappa shape index (κ3) is 5.97. The third-order valence-electron chi connectivity index (χ3n) is 5.25. The zero-order valence-corrected chi connectivity index (χ0v) is 19.1. The van der Waals surface area contributed by atoms with Crippen molar-refractivity contribution in [1.29, 1.82) is 0 Å². The van der Waals surface area contributed by atoms with Crippen LogP contribution in [0, 0.1) is 6.92 Å². The average molecular weight is 417 g/mol. The summed E-state index contributed by atoms with van der Waals surface area (Å²) in [5.74, 6) is -0.190. The van der Waals surface area contributed by atoms with Crippen LogP contribution < -0.4 is 5.32 Å². The third-order valence-corrected chi connectivity index (χ3v) is 5.25. The van der Waals surface area contributed by atoms with E-state index < -0.39 is 6.04 Å². The molecule has 2 rings (SSSR count). The summed E-state index contributed by atoms with van der Waals surface area (Å²) in [5.41, 5.74) is 2.11. The lowest BCUT2D eigenvalue weighted by Crippen LogP contribution is -2.64. The van der Waals surface area contributed by atoms with E-state index in [0.717, 1.165) is 17.5 Å². The predicted molar refractivity (Wildman–Crippen MR) is 118 cm³/mol. The van der Waals surface area contributed by atoms with E-state index in [0.29, 0.717) is 13.1 Å². The second-order valence-corrected chi connectivity index (χ2v) is 8.63. The van der Waals surface area contributed by atoms with Crippen LogP contribution in [0.4, 0.5) is 4.79 Å². The van der Waals surface area contributed by atoms with Crippen LogP contribution in [-0.4, -0.2) is 70.3 Å². The first-order valence-electron chi connectivity index (χ1n) is 10.8. The number of carbonyl (C=O) groups excluding carboxylic acids is 3. The summed E-state index contributed by atoms with van der Waals surface area (Å²) in [5, 5.41) is 2.91. The molecule has 0 saturated carbocycles. The van der Waals surface area contributed by atoms with Gasteiger partial charge in [-0.1, -0.05) is 36.8 Å². The number of carbonyl (C=O) groups is 3. The molecule has 1 aliphatic rings. The molecule has 1 fully saturated rings. The van der Waals surface area contributed by atoms with Gasteiger partial charge in [-0.25, -0.2) is 4.79 Å². The quantitative estimate of drug-likeness (QED) is 0.708. The van der Waals surface area contributed by atoms with E-state index in [2.05, 4.69) is 5.32 Å². The van der Waals surface area contributed by atoms with Gasteiger partial charge in [-0.15, -0.1) is 0 Å². The molecule has 1 saturated heterocycles. The van der Waals surface area contributed by atoms with Gasteiger partial charge in [0.05, 0.1) is 6.54 Å². The van der Waals surface area contributed by atoms with Gasteiger partial charge in [-0.05, 0) is 46.6 Å². The van der Waals surface area contributed by atoms with Crippen LogP contribution in [0.3, 0.4) is 0 Å². The second kappa shape index (κ2) is 10.5. The van der Waals surface area contributed by atoms with E-state index in [4.69, 9.17) is 0 Å². The molecule has 7 nitrogen and oxygen atoms in total. The van der Waals surface area contributed by atoms with Crippen molar-refractivity contribution in [2.24, 2.45) is 0 Å². The molecule has 1 atom stereocenters. The molecule has 7 heteroatoms. The van der Waals surface area contributed by atoms with Crippen molar-refractivity contribution in [3.63, 3.8) is 0 Å². The monoisotopic (exact) mass is 416 g/mol. The van der Waals surface area contributed by atoms with Crippen molar-refractivity contribution in [1.82, 2.24) is 20.0 Å². The van der Waals surface area contributed by atoms with Crippen molar-refractivity contribution in [3.05, 3.63) is 35.4 Å². The van der Waals surface area contributed by atoms with Crippen LogP contribution in [0.5, 0.6) is 0 Å². The highest BCUT2D eigenvalue weighted by Gasteiger charge is 2.41. The Labute approximate surface area is 180 Å². The number of hydrogen-bond donors (Lipinski definition) is 1. The fourth-order valence-electron chi connectivity index (χ4n) is 3.61. The van der Waals surface area contributed by atoms with Gasteiger partial charge in [0.2, 0.25) is 11.8 Å². The molecule has 166 valence electrons. The van der Waals surface area contributed by atoms with Gasteiger partial charge in [0, 0.05) is 25.2 Å². The highest BCUT2D eigenvalue weighted by atomic mass is 16.2. The molecule has 1 aromatic carbocycles. The molecule has 0 bridgehead atoms. The summed E-state index contributed by atoms with van der Waals surface area (Å²) >= 11 is 0. The number of benzene rings is 1. The number of piperazine rings is 1. The lowest BCUT2D eigenvalue weighted by molar-refractivity contribution is -0.158. The number of urea groups is 1. The lowest BCUT2D eigenvalue weighted by Gasteiger charge is -2.43. The van der Waals surface area contributed by atoms with Gasteiger partial charge in [0.15, 0.2) is 0 Å². The zero-order valence-electron chi connectivity index (χ0n) is 19.1. The topological polar surface area (TPSA) is 73.0 Å². The summed E-state index contributed by atoms with van der Waals surface area (Å²) in [6.07, 6.45) is 0.770. The molecule has 4 amide bonds. The number of rotatable bonds is 8. The number of nitrogens with one attached hydrogen (secondary N) is 1. The van der Waals surface area contributed by atoms with E-state index >= 15 is 0 Å². The van der Waals surface area contributed by atoms with Crippen molar-refractivity contribution in [2.75, 3.05) is 19.6 Å². The Bertz CT molecular complexity index is 745. The number of amides is 4. The van der Waals surface area contributed by atoms with E-state index in [1.807, 2.05) is 65.8 Å². The van der Waals surface area contributed by atoms with Crippen molar-refractivity contribution in [3.8, 4) is 0 Å². The van der Waals surface area contributed by atoms with Gasteiger partial charge in [-0.2, -0.15) is 0 Å². The molecule has 1 aromatic rings. The summed E-state index contributed by atoms with van der Waals surface area (Å²) < 4.78 is 0. The van der Waals surface area contributed by atoms with Gasteiger partial charge >= 0.3 is 6.03 Å². The highest BCUT2D eigenvalue weighted by Crippen LogP contribution is 2.20. The fraction of sp³-hybridized carbons (Fsp3) is 0.609. The molecular formula is C23H36N4O3. The maximum absolute atomic E-state index is 13.3. The van der Waals surface area contributed by atoms with Crippen molar-refractivity contribution < 1.29 is 14.4 Å². The lowest BCUT2D eigenvalue weighted by atomic mass is 10.1. The molecule has 1 unspecified atom stereocenters. The van der Waals surface area contributed by atoms with E-state index in [1.54, 1.807) is 14.7 Å². The molecule has 0 aliphatic carbocycles. The first-order chi connectivity index (χ1) is 14.1. The Kier molecular flexibility index (Phi) is 8.26. The number of hydrogen-bond acceptors (Lipinski definition) is 3. The molecule has 1 heterocycles. The van der Waals surface area contributed by atoms with Crippen LogP contribution >= 0.6 is 0 Å². The van der Waals surface area contributed by atoms with Crippen LogP contribution in [0.25, 0.3) is 0 Å². The number of aryl methyl sites for hydroxylation is 1. The second-order valence-electron chi connectivity index (χ2n) is 8.63. The molecule has 30 heavy (non-hydrogen) atoms. The number of nitrogens with zero attached hydrogens (tertiary/aromatic N) is 3. The summed E-state index contributed by atoms with van der Waals surface area (Å²) in [7, 11) is 0. The zero-order chi connectivity index (χ0) is 22.4.